The maximum absolute atomic E-state index is 12.6. The Labute approximate surface area is 131 Å². The third kappa shape index (κ3) is 3.30. The highest BCUT2D eigenvalue weighted by Gasteiger charge is 2.23. The third-order valence-corrected chi connectivity index (χ3v) is 3.86. The molecule has 5 nitrogen and oxygen atoms in total. The second kappa shape index (κ2) is 7.11. The van der Waals surface area contributed by atoms with Gasteiger partial charge in [-0.3, -0.25) is 9.89 Å². The normalized spacial score (nSPS) is 12.0. The lowest BCUT2D eigenvalue weighted by Gasteiger charge is -2.25. The van der Waals surface area contributed by atoms with Gasteiger partial charge in [0.05, 0.1) is 13.2 Å². The van der Waals surface area contributed by atoms with Gasteiger partial charge in [-0.2, -0.15) is 5.10 Å². The summed E-state index contributed by atoms with van der Waals surface area (Å²) >= 11 is 0. The minimum absolute atomic E-state index is 0.1000. The zero-order chi connectivity index (χ0) is 16.1. The molecule has 0 aliphatic carbocycles. The van der Waals surface area contributed by atoms with E-state index in [1.165, 1.54) is 0 Å². The molecule has 0 unspecified atom stereocenters. The lowest BCUT2D eigenvalue weighted by atomic mass is 10.1. The number of aromatic nitrogens is 2. The summed E-state index contributed by atoms with van der Waals surface area (Å²) in [6, 6.07) is 9.47. The van der Waals surface area contributed by atoms with Crippen LogP contribution in [0.5, 0.6) is 5.75 Å². The number of methoxy groups -OCH3 is 1. The van der Waals surface area contributed by atoms with Gasteiger partial charge < -0.3 is 9.64 Å². The van der Waals surface area contributed by atoms with Crippen molar-refractivity contribution in [2.45, 2.75) is 32.7 Å². The van der Waals surface area contributed by atoms with Crippen LogP contribution in [0.15, 0.2) is 30.3 Å². The minimum Gasteiger partial charge on any atom is -0.496 e. The fraction of sp³-hybridized carbons (Fsp3) is 0.412. The van der Waals surface area contributed by atoms with E-state index in [9.17, 15) is 4.79 Å². The average Bonchev–Trinajstić information content (AvgIpc) is 3.01. The van der Waals surface area contributed by atoms with E-state index >= 15 is 0 Å². The number of H-pyrrole nitrogens is 1. The fourth-order valence-electron chi connectivity index (χ4n) is 2.45. The molecule has 1 heterocycles. The van der Waals surface area contributed by atoms with Crippen LogP contribution in [0.2, 0.25) is 0 Å². The number of nitrogens with one attached hydrogen (secondary N) is 1. The van der Waals surface area contributed by atoms with E-state index in [1.807, 2.05) is 37.3 Å². The summed E-state index contributed by atoms with van der Waals surface area (Å²) in [6.07, 6.45) is 1.91. The molecule has 22 heavy (non-hydrogen) atoms. The van der Waals surface area contributed by atoms with Crippen molar-refractivity contribution in [1.82, 2.24) is 15.1 Å². The minimum atomic E-state index is -0.102. The van der Waals surface area contributed by atoms with E-state index in [4.69, 9.17) is 4.74 Å². The van der Waals surface area contributed by atoms with E-state index in [0.29, 0.717) is 5.69 Å². The maximum Gasteiger partial charge on any atom is 0.274 e. The van der Waals surface area contributed by atoms with Gasteiger partial charge in [0.25, 0.3) is 5.91 Å². The van der Waals surface area contributed by atoms with Gasteiger partial charge in [0.2, 0.25) is 0 Å². The number of carbonyl (C=O) groups is 1. The molecular weight excluding hydrogens is 278 g/mol. The van der Waals surface area contributed by atoms with Crippen molar-refractivity contribution in [3.8, 4) is 5.75 Å². The Bertz CT molecular complexity index is 636. The topological polar surface area (TPSA) is 58.2 Å². The maximum atomic E-state index is 12.6. The molecule has 1 amide bonds. The molecule has 0 aliphatic heterocycles. The molecule has 118 valence electrons. The van der Waals surface area contributed by atoms with Gasteiger partial charge in [-0.25, -0.2) is 0 Å². The Morgan fingerprint density at radius 2 is 2.14 bits per heavy atom. The third-order valence-electron chi connectivity index (χ3n) is 3.86. The molecule has 5 heteroatoms. The molecular formula is C17H23N3O2. The number of nitrogens with zero attached hydrogens (tertiary/aromatic N) is 2. The van der Waals surface area contributed by atoms with Crippen molar-refractivity contribution in [3.63, 3.8) is 0 Å². The van der Waals surface area contributed by atoms with Crippen LogP contribution >= 0.6 is 0 Å². The number of aryl methyl sites for hydroxylation is 1. The summed E-state index contributed by atoms with van der Waals surface area (Å²) in [4.78, 5) is 14.3. The average molecular weight is 301 g/mol. The number of aromatic amines is 1. The van der Waals surface area contributed by atoms with Crippen molar-refractivity contribution in [3.05, 3.63) is 47.3 Å². The van der Waals surface area contributed by atoms with E-state index < -0.39 is 0 Å². The molecule has 0 saturated carbocycles. The molecule has 2 aromatic rings. The highest BCUT2D eigenvalue weighted by Crippen LogP contribution is 2.28. The van der Waals surface area contributed by atoms with Crippen LogP contribution in [-0.4, -0.2) is 35.2 Å². The zero-order valence-corrected chi connectivity index (χ0v) is 13.6. The quantitative estimate of drug-likeness (QED) is 0.891. The summed E-state index contributed by atoms with van der Waals surface area (Å²) in [7, 11) is 3.42. The fourth-order valence-corrected chi connectivity index (χ4v) is 2.45. The van der Waals surface area contributed by atoms with E-state index in [0.717, 1.165) is 29.8 Å². The number of amides is 1. The first-order chi connectivity index (χ1) is 10.6. The number of hydrogen-bond acceptors (Lipinski definition) is 3. The predicted molar refractivity (Wildman–Crippen MR) is 86.1 cm³/mol. The molecule has 1 aromatic carbocycles. The smallest absolute Gasteiger partial charge is 0.274 e. The lowest BCUT2D eigenvalue weighted by Crippen LogP contribution is -2.30. The van der Waals surface area contributed by atoms with Gasteiger partial charge in [-0.05, 0) is 25.5 Å². The summed E-state index contributed by atoms with van der Waals surface area (Å²) in [5, 5.41) is 7.05. The Kier molecular flexibility index (Phi) is 5.20. The van der Waals surface area contributed by atoms with Crippen LogP contribution in [0, 0.1) is 0 Å². The van der Waals surface area contributed by atoms with E-state index in [-0.39, 0.29) is 11.9 Å². The summed E-state index contributed by atoms with van der Waals surface area (Å²) < 4.78 is 5.38. The van der Waals surface area contributed by atoms with Crippen molar-refractivity contribution in [2.24, 2.45) is 0 Å². The Hall–Kier alpha value is -2.30. The highest BCUT2D eigenvalue weighted by molar-refractivity contribution is 5.92. The molecule has 0 fully saturated rings. The SMILES string of the molecule is CCCc1cc(C(=O)N(C)[C@H](C)c2ccccc2OC)n[nH]1. The molecule has 0 radical (unpaired) electrons. The molecule has 1 aromatic heterocycles. The van der Waals surface area contributed by atoms with Crippen molar-refractivity contribution in [1.29, 1.82) is 0 Å². The lowest BCUT2D eigenvalue weighted by molar-refractivity contribution is 0.0735. The highest BCUT2D eigenvalue weighted by atomic mass is 16.5. The first kappa shape index (κ1) is 16.1. The number of rotatable bonds is 6. The van der Waals surface area contributed by atoms with Crippen LogP contribution in [0.25, 0.3) is 0 Å². The van der Waals surface area contributed by atoms with Crippen molar-refractivity contribution >= 4 is 5.91 Å². The van der Waals surface area contributed by atoms with Gasteiger partial charge in [-0.1, -0.05) is 31.5 Å². The standard InChI is InChI=1S/C17H23N3O2/c1-5-8-13-11-15(19-18-13)17(21)20(3)12(2)14-9-6-7-10-16(14)22-4/h6-7,9-12H,5,8H2,1-4H3,(H,18,19)/t12-/m1/s1. The summed E-state index contributed by atoms with van der Waals surface area (Å²) in [6.45, 7) is 4.08. The molecule has 2 rings (SSSR count). The number of carbonyl (C=O) groups excluding carboxylic acids is 1. The van der Waals surface area contributed by atoms with Crippen LogP contribution in [0.4, 0.5) is 0 Å². The second-order valence-corrected chi connectivity index (χ2v) is 5.36. The first-order valence-corrected chi connectivity index (χ1v) is 7.52. The molecule has 1 atom stereocenters. The van der Waals surface area contributed by atoms with Gasteiger partial charge >= 0.3 is 0 Å². The summed E-state index contributed by atoms with van der Waals surface area (Å²) in [5.74, 6) is 0.681. The van der Waals surface area contributed by atoms with E-state index in [1.54, 1.807) is 19.1 Å². The number of benzene rings is 1. The van der Waals surface area contributed by atoms with Crippen LogP contribution in [0.3, 0.4) is 0 Å². The molecule has 1 N–H and O–H groups in total. The number of ether oxygens (including phenoxy) is 1. The van der Waals surface area contributed by atoms with E-state index in [2.05, 4.69) is 17.1 Å². The van der Waals surface area contributed by atoms with Crippen molar-refractivity contribution in [2.75, 3.05) is 14.2 Å². The predicted octanol–water partition coefficient (Wildman–Crippen LogP) is 3.20. The Morgan fingerprint density at radius 3 is 2.82 bits per heavy atom. The van der Waals surface area contributed by atoms with Crippen LogP contribution in [-0.2, 0) is 6.42 Å². The largest absolute Gasteiger partial charge is 0.496 e. The number of hydrogen-bond donors (Lipinski definition) is 1. The van der Waals surface area contributed by atoms with Crippen LogP contribution in [0.1, 0.15) is 48.1 Å². The summed E-state index contributed by atoms with van der Waals surface area (Å²) in [5.41, 5.74) is 2.42. The Morgan fingerprint density at radius 1 is 1.41 bits per heavy atom. The Balaban J connectivity index is 2.18. The second-order valence-electron chi connectivity index (χ2n) is 5.36. The van der Waals surface area contributed by atoms with Gasteiger partial charge in [-0.15, -0.1) is 0 Å². The van der Waals surface area contributed by atoms with Crippen molar-refractivity contribution < 1.29 is 9.53 Å². The molecule has 0 bridgehead atoms. The van der Waals surface area contributed by atoms with Crippen LogP contribution < -0.4 is 4.74 Å². The monoisotopic (exact) mass is 301 g/mol. The molecule has 0 spiro atoms. The number of para-hydroxylation sites is 1. The van der Waals surface area contributed by atoms with Gasteiger partial charge in [0.15, 0.2) is 0 Å². The molecule has 0 saturated heterocycles. The first-order valence-electron chi connectivity index (χ1n) is 7.52. The van der Waals surface area contributed by atoms with Gasteiger partial charge in [0.1, 0.15) is 11.4 Å². The van der Waals surface area contributed by atoms with Gasteiger partial charge in [0, 0.05) is 18.3 Å². The zero-order valence-electron chi connectivity index (χ0n) is 13.6. The molecule has 0 aliphatic rings.